The third-order valence-electron chi connectivity index (χ3n) is 4.22. The summed E-state index contributed by atoms with van der Waals surface area (Å²) in [4.78, 5) is 4.81. The van der Waals surface area contributed by atoms with Crippen molar-refractivity contribution in [2.24, 2.45) is 0 Å². The van der Waals surface area contributed by atoms with Crippen LogP contribution in [-0.2, 0) is 9.47 Å². The Bertz CT molecular complexity index is 441. The van der Waals surface area contributed by atoms with E-state index in [2.05, 4.69) is 15.9 Å². The van der Waals surface area contributed by atoms with Crippen LogP contribution in [0.1, 0.15) is 6.42 Å². The average Bonchev–Trinajstić information content (AvgIpc) is 2.54. The minimum atomic E-state index is 0.267. The van der Waals surface area contributed by atoms with Crippen LogP contribution in [0.2, 0.25) is 0 Å². The van der Waals surface area contributed by atoms with Gasteiger partial charge in [-0.2, -0.15) is 0 Å². The number of hydrogen-bond acceptors (Lipinski definition) is 5. The summed E-state index contributed by atoms with van der Waals surface area (Å²) < 4.78 is 11.1. The molecule has 2 fully saturated rings. The largest absolute Gasteiger partial charge is 0.508 e. The van der Waals surface area contributed by atoms with Crippen molar-refractivity contribution in [1.82, 2.24) is 4.90 Å². The molecule has 2 heterocycles. The van der Waals surface area contributed by atoms with Crippen molar-refractivity contribution < 1.29 is 14.6 Å². The number of hydrogen-bond donors (Lipinski definition) is 1. The maximum Gasteiger partial charge on any atom is 0.117 e. The van der Waals surface area contributed by atoms with Crippen LogP contribution in [-0.4, -0.2) is 68.7 Å². The molecule has 0 aliphatic carbocycles. The number of nitrogens with zero attached hydrogens (tertiary/aromatic N) is 2. The van der Waals surface area contributed by atoms with Gasteiger partial charge in [-0.25, -0.2) is 0 Å². The number of anilines is 1. The zero-order valence-corrected chi connectivity index (χ0v) is 12.4. The van der Waals surface area contributed by atoms with Gasteiger partial charge in [-0.15, -0.1) is 0 Å². The number of aromatic hydroxyl groups is 1. The van der Waals surface area contributed by atoms with Crippen molar-refractivity contribution in [2.75, 3.05) is 57.4 Å². The van der Waals surface area contributed by atoms with Crippen LogP contribution in [0.5, 0.6) is 5.75 Å². The Morgan fingerprint density at radius 2 is 2.00 bits per heavy atom. The highest BCUT2D eigenvalue weighted by molar-refractivity contribution is 5.50. The molecule has 0 bridgehead atoms. The second-order valence-electron chi connectivity index (χ2n) is 5.70. The van der Waals surface area contributed by atoms with Crippen molar-refractivity contribution in [3.63, 3.8) is 0 Å². The highest BCUT2D eigenvalue weighted by atomic mass is 16.6. The molecule has 0 aromatic heterocycles. The fourth-order valence-corrected chi connectivity index (χ4v) is 2.95. The number of ether oxygens (including phenoxy) is 2. The van der Waals surface area contributed by atoms with Gasteiger partial charge in [-0.05, 0) is 18.6 Å². The lowest BCUT2D eigenvalue weighted by Gasteiger charge is -2.36. The molecule has 0 radical (unpaired) electrons. The molecule has 1 atom stereocenters. The van der Waals surface area contributed by atoms with Crippen molar-refractivity contribution in [1.29, 1.82) is 0 Å². The normalized spacial score (nSPS) is 24.2. The van der Waals surface area contributed by atoms with Crippen LogP contribution in [0.4, 0.5) is 5.69 Å². The van der Waals surface area contributed by atoms with Gasteiger partial charge in [0.15, 0.2) is 0 Å². The van der Waals surface area contributed by atoms with Crippen molar-refractivity contribution >= 4 is 5.69 Å². The Labute approximate surface area is 126 Å². The van der Waals surface area contributed by atoms with E-state index in [4.69, 9.17) is 9.47 Å². The number of piperazine rings is 1. The maximum atomic E-state index is 9.56. The average molecular weight is 292 g/mol. The van der Waals surface area contributed by atoms with Gasteiger partial charge >= 0.3 is 0 Å². The summed E-state index contributed by atoms with van der Waals surface area (Å²) in [7, 11) is 0. The summed E-state index contributed by atoms with van der Waals surface area (Å²) in [5.41, 5.74) is 1.11. The Morgan fingerprint density at radius 1 is 1.14 bits per heavy atom. The predicted octanol–water partition coefficient (Wildman–Crippen LogP) is 1.32. The molecule has 3 rings (SSSR count). The molecule has 2 aliphatic rings. The monoisotopic (exact) mass is 292 g/mol. The molecule has 5 heteroatoms. The zero-order valence-electron chi connectivity index (χ0n) is 12.4. The van der Waals surface area contributed by atoms with Gasteiger partial charge in [-0.3, -0.25) is 4.90 Å². The Balaban J connectivity index is 1.42. The number of benzene rings is 1. The van der Waals surface area contributed by atoms with E-state index < -0.39 is 0 Å². The number of phenolic OH excluding ortho intramolecular Hbond substituents is 1. The predicted molar refractivity (Wildman–Crippen MR) is 81.9 cm³/mol. The third kappa shape index (κ3) is 4.09. The molecule has 0 amide bonds. The van der Waals surface area contributed by atoms with E-state index in [9.17, 15) is 5.11 Å². The molecule has 0 spiro atoms. The first-order valence-corrected chi connectivity index (χ1v) is 7.77. The van der Waals surface area contributed by atoms with E-state index in [1.165, 1.54) is 0 Å². The molecule has 1 unspecified atom stereocenters. The third-order valence-corrected chi connectivity index (χ3v) is 4.22. The van der Waals surface area contributed by atoms with Crippen LogP contribution in [0.3, 0.4) is 0 Å². The molecule has 1 aromatic rings. The van der Waals surface area contributed by atoms with Gasteiger partial charge in [0.25, 0.3) is 0 Å². The van der Waals surface area contributed by atoms with Gasteiger partial charge < -0.3 is 19.5 Å². The quantitative estimate of drug-likeness (QED) is 0.907. The molecular formula is C16H24N2O3. The van der Waals surface area contributed by atoms with Crippen LogP contribution in [0.25, 0.3) is 0 Å². The van der Waals surface area contributed by atoms with E-state index in [-0.39, 0.29) is 6.10 Å². The molecule has 1 aromatic carbocycles. The second-order valence-corrected chi connectivity index (χ2v) is 5.70. The van der Waals surface area contributed by atoms with Crippen LogP contribution >= 0.6 is 0 Å². The van der Waals surface area contributed by atoms with Crippen molar-refractivity contribution in [2.45, 2.75) is 12.5 Å². The first kappa shape index (κ1) is 14.6. The summed E-state index contributed by atoms with van der Waals surface area (Å²) in [5, 5.41) is 9.56. The van der Waals surface area contributed by atoms with Crippen LogP contribution < -0.4 is 4.90 Å². The summed E-state index contributed by atoms with van der Waals surface area (Å²) in [6.07, 6.45) is 1.31. The van der Waals surface area contributed by atoms with Crippen LogP contribution in [0, 0.1) is 0 Å². The van der Waals surface area contributed by atoms with E-state index in [0.717, 1.165) is 64.7 Å². The van der Waals surface area contributed by atoms with Crippen molar-refractivity contribution in [3.8, 4) is 5.75 Å². The van der Waals surface area contributed by atoms with Gasteiger partial charge in [-0.1, -0.05) is 6.07 Å². The molecule has 2 saturated heterocycles. The molecule has 0 saturated carbocycles. The number of rotatable bonds is 4. The van der Waals surface area contributed by atoms with Gasteiger partial charge in [0.05, 0.1) is 25.9 Å². The highest BCUT2D eigenvalue weighted by Gasteiger charge is 2.20. The summed E-state index contributed by atoms with van der Waals surface area (Å²) >= 11 is 0. The minimum absolute atomic E-state index is 0.267. The molecule has 1 N–H and O–H groups in total. The van der Waals surface area contributed by atoms with E-state index in [0.29, 0.717) is 5.75 Å². The smallest absolute Gasteiger partial charge is 0.117 e. The topological polar surface area (TPSA) is 45.2 Å². The zero-order chi connectivity index (χ0) is 14.5. The Morgan fingerprint density at radius 3 is 2.71 bits per heavy atom. The summed E-state index contributed by atoms with van der Waals surface area (Å²) in [6.45, 7) is 7.41. The Hall–Kier alpha value is -1.30. The van der Waals surface area contributed by atoms with Gasteiger partial charge in [0.1, 0.15) is 5.75 Å². The molecule has 21 heavy (non-hydrogen) atoms. The SMILES string of the molecule is Oc1cccc(N2CCN(CCC3COCCO3)CC2)c1. The first-order valence-electron chi connectivity index (χ1n) is 7.77. The number of phenols is 1. The first-order chi connectivity index (χ1) is 10.3. The van der Waals surface area contributed by atoms with E-state index >= 15 is 0 Å². The van der Waals surface area contributed by atoms with E-state index in [1.54, 1.807) is 6.07 Å². The second kappa shape index (κ2) is 7.11. The summed E-state index contributed by atoms with van der Waals surface area (Å²) in [5.74, 6) is 0.337. The lowest BCUT2D eigenvalue weighted by atomic mass is 10.2. The molecule has 116 valence electrons. The summed E-state index contributed by atoms with van der Waals surface area (Å²) in [6, 6.07) is 7.51. The highest BCUT2D eigenvalue weighted by Crippen LogP contribution is 2.21. The molecular weight excluding hydrogens is 268 g/mol. The van der Waals surface area contributed by atoms with Crippen LogP contribution in [0.15, 0.2) is 24.3 Å². The van der Waals surface area contributed by atoms with Crippen molar-refractivity contribution in [3.05, 3.63) is 24.3 Å². The van der Waals surface area contributed by atoms with Gasteiger partial charge in [0.2, 0.25) is 0 Å². The fourth-order valence-electron chi connectivity index (χ4n) is 2.95. The fraction of sp³-hybridized carbons (Fsp3) is 0.625. The lowest BCUT2D eigenvalue weighted by molar-refractivity contribution is -0.0927. The minimum Gasteiger partial charge on any atom is -0.508 e. The molecule has 2 aliphatic heterocycles. The van der Waals surface area contributed by atoms with E-state index in [1.807, 2.05) is 12.1 Å². The standard InChI is InChI=1S/C16H24N2O3/c19-15-3-1-2-14(12-15)18-8-6-17(7-9-18)5-4-16-13-20-10-11-21-16/h1-3,12,16,19H,4-11,13H2. The lowest BCUT2D eigenvalue weighted by Crippen LogP contribution is -2.47. The Kier molecular flexibility index (Phi) is 4.95. The van der Waals surface area contributed by atoms with Gasteiger partial charge in [0, 0.05) is 44.5 Å². The maximum absolute atomic E-state index is 9.56. The molecule has 5 nitrogen and oxygen atoms in total.